The second-order valence-electron chi connectivity index (χ2n) is 5.12. The van der Waals surface area contributed by atoms with E-state index in [4.69, 9.17) is 0 Å². The van der Waals surface area contributed by atoms with Gasteiger partial charge in [-0.15, -0.1) is 0 Å². The predicted octanol–water partition coefficient (Wildman–Crippen LogP) is 0.540. The zero-order valence-corrected chi connectivity index (χ0v) is 12.7. The molecule has 0 spiro atoms. The number of hydrogen-bond acceptors (Lipinski definition) is 4. The monoisotopic (exact) mass is 313 g/mol. The fraction of sp³-hybridized carbons (Fsp3) is 0.538. The van der Waals surface area contributed by atoms with Crippen molar-refractivity contribution >= 4 is 10.0 Å². The van der Waals surface area contributed by atoms with Crippen LogP contribution in [0.3, 0.4) is 0 Å². The summed E-state index contributed by atoms with van der Waals surface area (Å²) in [6, 6.07) is 0. The second-order valence-corrected chi connectivity index (χ2v) is 6.82. The Morgan fingerprint density at radius 3 is 2.62 bits per heavy atom. The molecule has 0 atom stereocenters. The molecular formula is C13H19N3O4S. The molecule has 1 heterocycles. The quantitative estimate of drug-likeness (QED) is 0.689. The number of H-pyrrole nitrogens is 2. The van der Waals surface area contributed by atoms with Crippen LogP contribution in [0.5, 0.6) is 0 Å². The smallest absolute Gasteiger partial charge is 0.310 e. The van der Waals surface area contributed by atoms with Gasteiger partial charge in [0.25, 0.3) is 5.56 Å². The van der Waals surface area contributed by atoms with Crippen molar-refractivity contribution in [2.75, 3.05) is 6.54 Å². The third kappa shape index (κ3) is 3.92. The Morgan fingerprint density at radius 2 is 2.00 bits per heavy atom. The van der Waals surface area contributed by atoms with Crippen molar-refractivity contribution in [1.29, 1.82) is 0 Å². The summed E-state index contributed by atoms with van der Waals surface area (Å²) in [5.41, 5.74) is -0.339. The molecule has 0 saturated heterocycles. The zero-order chi connectivity index (χ0) is 15.5. The van der Waals surface area contributed by atoms with Gasteiger partial charge in [-0.2, -0.15) is 0 Å². The molecular weight excluding hydrogens is 294 g/mol. The molecule has 3 N–H and O–H groups in total. The van der Waals surface area contributed by atoms with Crippen LogP contribution in [-0.4, -0.2) is 24.9 Å². The molecule has 2 rings (SSSR count). The average molecular weight is 313 g/mol. The van der Waals surface area contributed by atoms with Crippen LogP contribution < -0.4 is 16.0 Å². The van der Waals surface area contributed by atoms with Gasteiger partial charge in [0, 0.05) is 12.2 Å². The number of aromatic nitrogens is 2. The third-order valence-corrected chi connectivity index (χ3v) is 5.08. The van der Waals surface area contributed by atoms with Crippen LogP contribution in [0.1, 0.15) is 37.8 Å². The Bertz CT molecular complexity index is 758. The third-order valence-electron chi connectivity index (χ3n) is 3.47. The highest BCUT2D eigenvalue weighted by molar-refractivity contribution is 7.89. The molecule has 0 radical (unpaired) electrons. The zero-order valence-electron chi connectivity index (χ0n) is 11.9. The van der Waals surface area contributed by atoms with E-state index in [1.54, 1.807) is 0 Å². The minimum absolute atomic E-state index is 0.0353. The van der Waals surface area contributed by atoms with Crippen molar-refractivity contribution in [2.24, 2.45) is 0 Å². The van der Waals surface area contributed by atoms with E-state index in [1.807, 2.05) is 4.98 Å². The molecule has 0 aliphatic heterocycles. The number of nitrogens with one attached hydrogen (secondary N) is 3. The molecule has 1 aliphatic carbocycles. The first-order chi connectivity index (χ1) is 9.90. The maximum Gasteiger partial charge on any atom is 0.325 e. The molecule has 1 aromatic rings. The highest BCUT2D eigenvalue weighted by Gasteiger charge is 2.21. The minimum Gasteiger partial charge on any atom is -0.310 e. The average Bonchev–Trinajstić information content (AvgIpc) is 2.38. The summed E-state index contributed by atoms with van der Waals surface area (Å²) < 4.78 is 26.7. The maximum atomic E-state index is 12.2. The van der Waals surface area contributed by atoms with E-state index >= 15 is 0 Å². The van der Waals surface area contributed by atoms with Crippen LogP contribution in [0.2, 0.25) is 0 Å². The Kier molecular flexibility index (Phi) is 4.79. The van der Waals surface area contributed by atoms with Gasteiger partial charge in [-0.3, -0.25) is 9.78 Å². The number of allylic oxidation sites excluding steroid dienone is 1. The fourth-order valence-electron chi connectivity index (χ4n) is 2.46. The van der Waals surface area contributed by atoms with Crippen molar-refractivity contribution in [3.8, 4) is 0 Å². The number of sulfonamides is 1. The second kappa shape index (κ2) is 6.40. The normalized spacial score (nSPS) is 15.8. The lowest BCUT2D eigenvalue weighted by Crippen LogP contribution is -2.35. The molecule has 116 valence electrons. The van der Waals surface area contributed by atoms with E-state index in [0.29, 0.717) is 6.42 Å². The van der Waals surface area contributed by atoms with E-state index < -0.39 is 26.2 Å². The Labute approximate surface area is 122 Å². The van der Waals surface area contributed by atoms with Crippen LogP contribution in [0.4, 0.5) is 0 Å². The van der Waals surface area contributed by atoms with Crippen LogP contribution in [0.25, 0.3) is 0 Å². The van der Waals surface area contributed by atoms with Crippen LogP contribution >= 0.6 is 0 Å². The first kappa shape index (κ1) is 15.7. The van der Waals surface area contributed by atoms with Crippen molar-refractivity contribution in [2.45, 2.75) is 43.9 Å². The van der Waals surface area contributed by atoms with E-state index in [2.05, 4.69) is 15.8 Å². The number of hydrogen-bond donors (Lipinski definition) is 3. The lowest BCUT2D eigenvalue weighted by atomic mass is 9.97. The summed E-state index contributed by atoms with van der Waals surface area (Å²) in [5, 5.41) is 0. The molecule has 1 aromatic heterocycles. The van der Waals surface area contributed by atoms with Crippen molar-refractivity contribution < 1.29 is 8.42 Å². The first-order valence-corrected chi connectivity index (χ1v) is 8.39. The highest BCUT2D eigenvalue weighted by atomic mass is 32.2. The summed E-state index contributed by atoms with van der Waals surface area (Å²) in [4.78, 5) is 26.5. The van der Waals surface area contributed by atoms with Gasteiger partial charge in [0.2, 0.25) is 10.0 Å². The lowest BCUT2D eigenvalue weighted by molar-refractivity contribution is 0.576. The van der Waals surface area contributed by atoms with Gasteiger partial charge < -0.3 is 4.98 Å². The summed E-state index contributed by atoms with van der Waals surface area (Å²) in [6.07, 6.45) is 7.15. The van der Waals surface area contributed by atoms with Gasteiger partial charge in [-0.25, -0.2) is 17.9 Å². The summed E-state index contributed by atoms with van der Waals surface area (Å²) >= 11 is 0. The molecule has 0 aromatic carbocycles. The van der Waals surface area contributed by atoms with Gasteiger partial charge in [-0.05, 0) is 39.0 Å². The number of aromatic amines is 2. The predicted molar refractivity (Wildman–Crippen MR) is 78.8 cm³/mol. The highest BCUT2D eigenvalue weighted by Crippen LogP contribution is 2.19. The molecule has 8 heteroatoms. The molecule has 1 aliphatic rings. The van der Waals surface area contributed by atoms with Gasteiger partial charge >= 0.3 is 5.69 Å². The molecule has 21 heavy (non-hydrogen) atoms. The molecule has 7 nitrogen and oxygen atoms in total. The lowest BCUT2D eigenvalue weighted by Gasteiger charge is -2.13. The molecule has 0 bridgehead atoms. The van der Waals surface area contributed by atoms with Crippen LogP contribution in [0.15, 0.2) is 26.1 Å². The molecule has 0 fully saturated rings. The summed E-state index contributed by atoms with van der Waals surface area (Å²) in [6.45, 7) is 1.63. The standard InChI is InChI=1S/C13H19N3O4S/c1-9-11(12(17)16-13(18)15-9)21(19,20)14-8-7-10-5-3-2-4-6-10/h5,14H,2-4,6-8H2,1H3,(H2,15,16,17,18). The van der Waals surface area contributed by atoms with Gasteiger partial charge in [0.1, 0.15) is 0 Å². The van der Waals surface area contributed by atoms with Crippen molar-refractivity contribution in [3.05, 3.63) is 38.2 Å². The van der Waals surface area contributed by atoms with Crippen LogP contribution in [0, 0.1) is 6.92 Å². The molecule has 0 saturated carbocycles. The van der Waals surface area contributed by atoms with E-state index in [0.717, 1.165) is 19.3 Å². The fourth-order valence-corrected chi connectivity index (χ4v) is 3.73. The van der Waals surface area contributed by atoms with Crippen LogP contribution in [-0.2, 0) is 10.0 Å². The van der Waals surface area contributed by atoms with Crippen molar-refractivity contribution in [1.82, 2.24) is 14.7 Å². The topological polar surface area (TPSA) is 112 Å². The van der Waals surface area contributed by atoms with Gasteiger partial charge in [-0.1, -0.05) is 11.6 Å². The van der Waals surface area contributed by atoms with E-state index in [1.165, 1.54) is 18.9 Å². The summed E-state index contributed by atoms with van der Waals surface area (Å²) in [7, 11) is -3.93. The summed E-state index contributed by atoms with van der Waals surface area (Å²) in [5.74, 6) is 0. The SMILES string of the molecule is Cc1[nH]c(=O)[nH]c(=O)c1S(=O)(=O)NCCC1=CCCCC1. The Morgan fingerprint density at radius 1 is 1.24 bits per heavy atom. The molecule has 0 amide bonds. The first-order valence-electron chi connectivity index (χ1n) is 6.91. The number of aryl methyl sites for hydroxylation is 1. The Balaban J connectivity index is 2.10. The van der Waals surface area contributed by atoms with Gasteiger partial charge in [0.15, 0.2) is 4.90 Å². The largest absolute Gasteiger partial charge is 0.325 e. The maximum absolute atomic E-state index is 12.2. The van der Waals surface area contributed by atoms with Gasteiger partial charge in [0.05, 0.1) is 0 Å². The van der Waals surface area contributed by atoms with E-state index in [9.17, 15) is 18.0 Å². The number of rotatable bonds is 5. The van der Waals surface area contributed by atoms with Crippen molar-refractivity contribution in [3.63, 3.8) is 0 Å². The minimum atomic E-state index is -3.93. The van der Waals surface area contributed by atoms with E-state index in [-0.39, 0.29) is 12.2 Å². The molecule has 0 unspecified atom stereocenters. The Hall–Kier alpha value is -1.67.